The summed E-state index contributed by atoms with van der Waals surface area (Å²) in [6.45, 7) is 6.44. The number of rotatable bonds is 3. The maximum Gasteiger partial charge on any atom is 0.195 e. The van der Waals surface area contributed by atoms with E-state index in [-0.39, 0.29) is 5.54 Å². The number of nitrogens with one attached hydrogen (secondary N) is 1. The van der Waals surface area contributed by atoms with Crippen LogP contribution in [0.2, 0.25) is 0 Å². The predicted octanol–water partition coefficient (Wildman–Crippen LogP) is 3.15. The van der Waals surface area contributed by atoms with Crippen LogP contribution in [0, 0.1) is 4.77 Å². The average Bonchev–Trinajstić information content (AvgIpc) is 2.73. The van der Waals surface area contributed by atoms with E-state index in [4.69, 9.17) is 12.2 Å². The molecular weight excluding hydrogens is 232 g/mol. The zero-order chi connectivity index (χ0) is 12.5. The maximum absolute atomic E-state index is 5.31. The van der Waals surface area contributed by atoms with Crippen molar-refractivity contribution in [2.75, 3.05) is 0 Å². The second-order valence-electron chi connectivity index (χ2n) is 4.60. The molecule has 0 aromatic carbocycles. The average molecular weight is 248 g/mol. The minimum Gasteiger partial charge on any atom is -0.294 e. The summed E-state index contributed by atoms with van der Waals surface area (Å²) >= 11 is 5.31. The number of H-pyrrole nitrogens is 1. The van der Waals surface area contributed by atoms with Crippen molar-refractivity contribution in [3.05, 3.63) is 29.3 Å². The third-order valence-electron chi connectivity index (χ3n) is 3.06. The van der Waals surface area contributed by atoms with E-state index in [1.807, 2.05) is 12.1 Å². The summed E-state index contributed by atoms with van der Waals surface area (Å²) in [6, 6.07) is 3.89. The van der Waals surface area contributed by atoms with Gasteiger partial charge in [0.2, 0.25) is 0 Å². The number of hydrogen-bond donors (Lipinski definition) is 1. The van der Waals surface area contributed by atoms with Gasteiger partial charge < -0.3 is 0 Å². The van der Waals surface area contributed by atoms with Crippen molar-refractivity contribution in [1.82, 2.24) is 19.7 Å². The third-order valence-corrected chi connectivity index (χ3v) is 3.34. The molecule has 0 aliphatic carbocycles. The second-order valence-corrected chi connectivity index (χ2v) is 4.98. The highest BCUT2D eigenvalue weighted by Gasteiger charge is 2.23. The van der Waals surface area contributed by atoms with Gasteiger partial charge in [-0.25, -0.2) is 0 Å². The van der Waals surface area contributed by atoms with Crippen molar-refractivity contribution >= 4 is 12.2 Å². The Morgan fingerprint density at radius 1 is 1.47 bits per heavy atom. The van der Waals surface area contributed by atoms with E-state index < -0.39 is 0 Å². The zero-order valence-electron chi connectivity index (χ0n) is 10.3. The molecule has 2 aromatic rings. The highest BCUT2D eigenvalue weighted by atomic mass is 32.1. The molecule has 2 heterocycles. The van der Waals surface area contributed by atoms with Gasteiger partial charge in [0.25, 0.3) is 0 Å². The second kappa shape index (κ2) is 4.41. The summed E-state index contributed by atoms with van der Waals surface area (Å²) in [5, 5.41) is 7.17. The Kier molecular flexibility index (Phi) is 3.11. The first-order chi connectivity index (χ1) is 8.06. The standard InChI is InChI=1S/C12H16N4S/c1-4-12(2,3)16-10(14-15-11(16)17)9-6-5-7-13-8-9/h5-8H,4H2,1-3H3,(H,15,17). The van der Waals surface area contributed by atoms with Crippen molar-refractivity contribution in [1.29, 1.82) is 0 Å². The first-order valence-corrected chi connectivity index (χ1v) is 6.05. The smallest absolute Gasteiger partial charge is 0.195 e. The van der Waals surface area contributed by atoms with E-state index in [9.17, 15) is 0 Å². The van der Waals surface area contributed by atoms with Gasteiger partial charge in [-0.05, 0) is 44.6 Å². The fraction of sp³-hybridized carbons (Fsp3) is 0.417. The molecule has 0 bridgehead atoms. The van der Waals surface area contributed by atoms with E-state index in [0.29, 0.717) is 4.77 Å². The van der Waals surface area contributed by atoms with Gasteiger partial charge in [0.05, 0.1) is 0 Å². The molecule has 5 heteroatoms. The molecule has 0 aliphatic rings. The van der Waals surface area contributed by atoms with Gasteiger partial charge in [-0.2, -0.15) is 5.10 Å². The van der Waals surface area contributed by atoms with Gasteiger partial charge >= 0.3 is 0 Å². The Morgan fingerprint density at radius 2 is 2.24 bits per heavy atom. The Bertz CT molecular complexity index is 553. The Labute approximate surface area is 106 Å². The molecule has 0 atom stereocenters. The van der Waals surface area contributed by atoms with Crippen LogP contribution in [0.3, 0.4) is 0 Å². The van der Waals surface area contributed by atoms with Crippen molar-refractivity contribution in [3.8, 4) is 11.4 Å². The molecule has 0 unspecified atom stereocenters. The molecule has 1 N–H and O–H groups in total. The SMILES string of the molecule is CCC(C)(C)n1c(-c2cccnc2)n[nH]c1=S. The van der Waals surface area contributed by atoms with E-state index >= 15 is 0 Å². The lowest BCUT2D eigenvalue weighted by Gasteiger charge is -2.26. The molecule has 0 saturated heterocycles. The number of aromatic nitrogens is 4. The predicted molar refractivity (Wildman–Crippen MR) is 70.3 cm³/mol. The molecule has 0 radical (unpaired) electrons. The van der Waals surface area contributed by atoms with Crippen LogP contribution in [0.1, 0.15) is 27.2 Å². The van der Waals surface area contributed by atoms with E-state index in [2.05, 4.69) is 40.5 Å². The Morgan fingerprint density at radius 3 is 2.82 bits per heavy atom. The third kappa shape index (κ3) is 2.15. The fourth-order valence-corrected chi connectivity index (χ4v) is 2.08. The van der Waals surface area contributed by atoms with Gasteiger partial charge in [-0.1, -0.05) is 6.92 Å². The first kappa shape index (κ1) is 12.0. The minimum atomic E-state index is -0.0603. The molecule has 0 saturated carbocycles. The van der Waals surface area contributed by atoms with Crippen LogP contribution >= 0.6 is 12.2 Å². The summed E-state index contributed by atoms with van der Waals surface area (Å²) in [4.78, 5) is 4.12. The van der Waals surface area contributed by atoms with Crippen molar-refractivity contribution < 1.29 is 0 Å². The Hall–Kier alpha value is -1.49. The fourth-order valence-electron chi connectivity index (χ4n) is 1.71. The van der Waals surface area contributed by atoms with Crippen LogP contribution in [0.5, 0.6) is 0 Å². The van der Waals surface area contributed by atoms with Crippen LogP contribution in [-0.2, 0) is 5.54 Å². The number of nitrogens with zero attached hydrogens (tertiary/aromatic N) is 3. The van der Waals surface area contributed by atoms with Crippen LogP contribution in [-0.4, -0.2) is 19.7 Å². The highest BCUT2D eigenvalue weighted by Crippen LogP contribution is 2.26. The van der Waals surface area contributed by atoms with Gasteiger partial charge in [0, 0.05) is 23.5 Å². The molecule has 0 fully saturated rings. The summed E-state index contributed by atoms with van der Waals surface area (Å²) < 4.78 is 2.70. The summed E-state index contributed by atoms with van der Waals surface area (Å²) in [7, 11) is 0. The number of pyridine rings is 1. The van der Waals surface area contributed by atoms with E-state index in [1.54, 1.807) is 12.4 Å². The van der Waals surface area contributed by atoms with Crippen molar-refractivity contribution in [2.24, 2.45) is 0 Å². The topological polar surface area (TPSA) is 46.5 Å². The molecule has 0 aliphatic heterocycles. The normalized spacial score (nSPS) is 11.7. The summed E-state index contributed by atoms with van der Waals surface area (Å²) in [5.74, 6) is 0.843. The van der Waals surface area contributed by atoms with Crippen molar-refractivity contribution in [3.63, 3.8) is 0 Å². The van der Waals surface area contributed by atoms with Gasteiger partial charge in [0.15, 0.2) is 10.6 Å². The molecule has 4 nitrogen and oxygen atoms in total. The highest BCUT2D eigenvalue weighted by molar-refractivity contribution is 7.71. The quantitative estimate of drug-likeness (QED) is 0.849. The largest absolute Gasteiger partial charge is 0.294 e. The van der Waals surface area contributed by atoms with Crippen molar-refractivity contribution in [2.45, 2.75) is 32.7 Å². The van der Waals surface area contributed by atoms with Crippen LogP contribution in [0.25, 0.3) is 11.4 Å². The lowest BCUT2D eigenvalue weighted by molar-refractivity contribution is 0.341. The summed E-state index contributed by atoms with van der Waals surface area (Å²) in [6.07, 6.45) is 4.53. The Balaban J connectivity index is 2.62. The van der Waals surface area contributed by atoms with E-state index in [0.717, 1.165) is 17.8 Å². The van der Waals surface area contributed by atoms with Gasteiger partial charge in [-0.15, -0.1) is 0 Å². The molecule has 17 heavy (non-hydrogen) atoms. The van der Waals surface area contributed by atoms with Gasteiger partial charge in [0.1, 0.15) is 0 Å². The van der Waals surface area contributed by atoms with Crippen LogP contribution in [0.4, 0.5) is 0 Å². The zero-order valence-corrected chi connectivity index (χ0v) is 11.1. The maximum atomic E-state index is 5.31. The summed E-state index contributed by atoms with van der Waals surface area (Å²) in [5.41, 5.74) is 0.913. The number of hydrogen-bond acceptors (Lipinski definition) is 3. The lowest BCUT2D eigenvalue weighted by Crippen LogP contribution is -2.26. The molecule has 0 amide bonds. The minimum absolute atomic E-state index is 0.0603. The van der Waals surface area contributed by atoms with Crippen LogP contribution < -0.4 is 0 Å². The molecule has 2 rings (SSSR count). The van der Waals surface area contributed by atoms with E-state index in [1.165, 1.54) is 0 Å². The lowest BCUT2D eigenvalue weighted by atomic mass is 10.0. The monoisotopic (exact) mass is 248 g/mol. The molecular formula is C12H16N4S. The molecule has 2 aromatic heterocycles. The van der Waals surface area contributed by atoms with Crippen LogP contribution in [0.15, 0.2) is 24.5 Å². The molecule has 90 valence electrons. The number of aromatic amines is 1. The first-order valence-electron chi connectivity index (χ1n) is 5.64. The van der Waals surface area contributed by atoms with Gasteiger partial charge in [-0.3, -0.25) is 14.6 Å². The molecule has 0 spiro atoms.